The zero-order valence-electron chi connectivity index (χ0n) is 16.6. The number of hydrogen-bond acceptors (Lipinski definition) is 4. The minimum atomic E-state index is -0.224. The van der Waals surface area contributed by atoms with Crippen molar-refractivity contribution in [2.75, 3.05) is 11.9 Å². The van der Waals surface area contributed by atoms with Crippen molar-refractivity contribution in [1.29, 1.82) is 0 Å². The molecule has 1 heterocycles. The van der Waals surface area contributed by atoms with Gasteiger partial charge in [-0.2, -0.15) is 0 Å². The maximum atomic E-state index is 12.7. The Bertz CT molecular complexity index is 779. The number of aryl methyl sites for hydroxylation is 1. The zero-order valence-corrected chi connectivity index (χ0v) is 17.4. The standard InChI is InChI=1S/C21H29N3O2S/c1-5-26-19-12-10-17(11-13-19)23-20(25)16(4)27-21-22-14(2)15(3)24(21)18-8-6-7-9-18/h10-13,16,18H,5-9H2,1-4H3,(H,23,25). The number of benzene rings is 1. The van der Waals surface area contributed by atoms with E-state index in [0.29, 0.717) is 12.6 Å². The minimum Gasteiger partial charge on any atom is -0.494 e. The number of carbonyl (C=O) groups excluding carboxylic acids is 1. The SMILES string of the molecule is CCOc1ccc(NC(=O)C(C)Sc2nc(C)c(C)n2C2CCCC2)cc1. The van der Waals surface area contributed by atoms with Crippen molar-refractivity contribution >= 4 is 23.4 Å². The molecule has 0 spiro atoms. The number of amides is 1. The second-order valence-corrected chi connectivity index (χ2v) is 8.39. The molecule has 1 aliphatic carbocycles. The maximum Gasteiger partial charge on any atom is 0.237 e. The van der Waals surface area contributed by atoms with Crippen LogP contribution in [0.4, 0.5) is 5.69 Å². The van der Waals surface area contributed by atoms with E-state index in [2.05, 4.69) is 23.7 Å². The Morgan fingerprint density at radius 3 is 2.59 bits per heavy atom. The van der Waals surface area contributed by atoms with E-state index in [-0.39, 0.29) is 11.2 Å². The third kappa shape index (κ3) is 4.67. The van der Waals surface area contributed by atoms with E-state index in [1.165, 1.54) is 31.4 Å². The molecule has 146 valence electrons. The fourth-order valence-electron chi connectivity index (χ4n) is 3.53. The molecule has 3 rings (SSSR count). The van der Waals surface area contributed by atoms with Crippen LogP contribution in [0.3, 0.4) is 0 Å². The van der Waals surface area contributed by atoms with Crippen LogP contribution in [0.2, 0.25) is 0 Å². The van der Waals surface area contributed by atoms with Crippen LogP contribution >= 0.6 is 11.8 Å². The van der Waals surface area contributed by atoms with E-state index in [9.17, 15) is 4.79 Å². The predicted octanol–water partition coefficient (Wildman–Crippen LogP) is 5.13. The quantitative estimate of drug-likeness (QED) is 0.669. The monoisotopic (exact) mass is 387 g/mol. The summed E-state index contributed by atoms with van der Waals surface area (Å²) in [6.07, 6.45) is 4.96. The average Bonchev–Trinajstić information content (AvgIpc) is 3.25. The second-order valence-electron chi connectivity index (χ2n) is 7.08. The zero-order chi connectivity index (χ0) is 19.4. The number of anilines is 1. The number of hydrogen-bond donors (Lipinski definition) is 1. The van der Waals surface area contributed by atoms with Gasteiger partial charge in [0.05, 0.1) is 17.6 Å². The largest absolute Gasteiger partial charge is 0.494 e. The Morgan fingerprint density at radius 1 is 1.30 bits per heavy atom. The van der Waals surface area contributed by atoms with Gasteiger partial charge in [-0.3, -0.25) is 4.79 Å². The lowest BCUT2D eigenvalue weighted by molar-refractivity contribution is -0.115. The number of nitrogens with zero attached hydrogens (tertiary/aromatic N) is 2. The number of nitrogens with one attached hydrogen (secondary N) is 1. The number of ether oxygens (including phenoxy) is 1. The van der Waals surface area contributed by atoms with Gasteiger partial charge in [-0.15, -0.1) is 0 Å². The summed E-state index contributed by atoms with van der Waals surface area (Å²) in [6, 6.07) is 8.00. The highest BCUT2D eigenvalue weighted by atomic mass is 32.2. The lowest BCUT2D eigenvalue weighted by Crippen LogP contribution is -2.23. The molecule has 1 amide bonds. The molecule has 0 aliphatic heterocycles. The van der Waals surface area contributed by atoms with E-state index < -0.39 is 0 Å². The Labute approximate surface area is 165 Å². The van der Waals surface area contributed by atoms with Crippen molar-refractivity contribution in [2.45, 2.75) is 69.8 Å². The van der Waals surface area contributed by atoms with Crippen LogP contribution in [0.15, 0.2) is 29.4 Å². The smallest absolute Gasteiger partial charge is 0.237 e. The number of aromatic nitrogens is 2. The molecule has 1 atom stereocenters. The molecule has 1 N–H and O–H groups in total. The van der Waals surface area contributed by atoms with Gasteiger partial charge in [0.15, 0.2) is 5.16 Å². The summed E-state index contributed by atoms with van der Waals surface area (Å²) in [7, 11) is 0. The molecular formula is C21H29N3O2S. The molecule has 1 aromatic heterocycles. The molecule has 2 aromatic rings. The number of carbonyl (C=O) groups is 1. The second kappa shape index (κ2) is 8.83. The molecule has 1 unspecified atom stereocenters. The van der Waals surface area contributed by atoms with Gasteiger partial charge in [0.1, 0.15) is 5.75 Å². The van der Waals surface area contributed by atoms with Crippen LogP contribution in [0.25, 0.3) is 0 Å². The molecule has 0 bridgehead atoms. The van der Waals surface area contributed by atoms with Gasteiger partial charge in [0.2, 0.25) is 5.91 Å². The Kier molecular flexibility index (Phi) is 6.47. The summed E-state index contributed by atoms with van der Waals surface area (Å²) in [4.78, 5) is 17.4. The first-order chi connectivity index (χ1) is 13.0. The first-order valence-corrected chi connectivity index (χ1v) is 10.6. The van der Waals surface area contributed by atoms with E-state index in [4.69, 9.17) is 9.72 Å². The molecule has 1 fully saturated rings. The number of rotatable bonds is 7. The van der Waals surface area contributed by atoms with Crippen LogP contribution in [-0.2, 0) is 4.79 Å². The van der Waals surface area contributed by atoms with Crippen LogP contribution < -0.4 is 10.1 Å². The highest BCUT2D eigenvalue weighted by Crippen LogP contribution is 2.36. The van der Waals surface area contributed by atoms with Crippen LogP contribution in [0.5, 0.6) is 5.75 Å². The lowest BCUT2D eigenvalue weighted by Gasteiger charge is -2.18. The molecule has 5 nitrogen and oxygen atoms in total. The number of imidazole rings is 1. The molecule has 1 aromatic carbocycles. The maximum absolute atomic E-state index is 12.7. The fourth-order valence-corrected chi connectivity index (χ4v) is 4.60. The van der Waals surface area contributed by atoms with Crippen molar-refractivity contribution in [3.05, 3.63) is 35.7 Å². The summed E-state index contributed by atoms with van der Waals surface area (Å²) in [5.41, 5.74) is 3.06. The molecule has 1 saturated carbocycles. The summed E-state index contributed by atoms with van der Waals surface area (Å²) in [5, 5.41) is 3.73. The molecule has 6 heteroatoms. The fraction of sp³-hybridized carbons (Fsp3) is 0.524. The third-order valence-corrected chi connectivity index (χ3v) is 6.19. The van der Waals surface area contributed by atoms with Gasteiger partial charge in [-0.1, -0.05) is 24.6 Å². The van der Waals surface area contributed by atoms with E-state index in [1.54, 1.807) is 11.8 Å². The minimum absolute atomic E-state index is 0.0135. The summed E-state index contributed by atoms with van der Waals surface area (Å²) < 4.78 is 7.79. The predicted molar refractivity (Wildman–Crippen MR) is 111 cm³/mol. The topological polar surface area (TPSA) is 56.1 Å². The van der Waals surface area contributed by atoms with Gasteiger partial charge >= 0.3 is 0 Å². The molecule has 1 aliphatic rings. The van der Waals surface area contributed by atoms with Crippen LogP contribution in [-0.4, -0.2) is 27.3 Å². The molecular weight excluding hydrogens is 358 g/mol. The van der Waals surface area contributed by atoms with Gasteiger partial charge in [0.25, 0.3) is 0 Å². The van der Waals surface area contributed by atoms with Crippen molar-refractivity contribution in [2.24, 2.45) is 0 Å². The van der Waals surface area contributed by atoms with E-state index in [1.807, 2.05) is 38.1 Å². The average molecular weight is 388 g/mol. The Morgan fingerprint density at radius 2 is 1.96 bits per heavy atom. The van der Waals surface area contributed by atoms with Gasteiger partial charge < -0.3 is 14.6 Å². The highest BCUT2D eigenvalue weighted by Gasteiger charge is 2.25. The van der Waals surface area contributed by atoms with Crippen molar-refractivity contribution in [3.63, 3.8) is 0 Å². The van der Waals surface area contributed by atoms with Crippen molar-refractivity contribution in [1.82, 2.24) is 9.55 Å². The summed E-state index contributed by atoms with van der Waals surface area (Å²) >= 11 is 1.55. The first kappa shape index (κ1) is 19.8. The Hall–Kier alpha value is -1.95. The summed E-state index contributed by atoms with van der Waals surface area (Å²) in [5.74, 6) is 0.794. The van der Waals surface area contributed by atoms with Crippen LogP contribution in [0, 0.1) is 13.8 Å². The van der Waals surface area contributed by atoms with Gasteiger partial charge in [0, 0.05) is 17.4 Å². The van der Waals surface area contributed by atoms with Gasteiger partial charge in [-0.25, -0.2) is 4.98 Å². The summed E-state index contributed by atoms with van der Waals surface area (Å²) in [6.45, 7) is 8.71. The van der Waals surface area contributed by atoms with E-state index in [0.717, 1.165) is 22.3 Å². The van der Waals surface area contributed by atoms with E-state index >= 15 is 0 Å². The van der Waals surface area contributed by atoms with Gasteiger partial charge in [-0.05, 0) is 64.8 Å². The molecule has 0 radical (unpaired) electrons. The van der Waals surface area contributed by atoms with Crippen molar-refractivity contribution < 1.29 is 9.53 Å². The van der Waals surface area contributed by atoms with Crippen molar-refractivity contribution in [3.8, 4) is 5.75 Å². The lowest BCUT2D eigenvalue weighted by atomic mass is 10.2. The molecule has 27 heavy (non-hydrogen) atoms. The number of thioether (sulfide) groups is 1. The normalized spacial score (nSPS) is 15.7. The molecule has 0 saturated heterocycles. The van der Waals surface area contributed by atoms with Crippen LogP contribution in [0.1, 0.15) is 57.0 Å². The first-order valence-electron chi connectivity index (χ1n) is 9.75. The Balaban J connectivity index is 1.67. The highest BCUT2D eigenvalue weighted by molar-refractivity contribution is 8.00. The third-order valence-electron chi connectivity index (χ3n) is 5.13.